The Hall–Kier alpha value is -7.95. The van der Waals surface area contributed by atoms with Crippen molar-refractivity contribution >= 4 is 80.6 Å². The third kappa shape index (κ3) is 16.2. The Morgan fingerprint density at radius 3 is 2.24 bits per heavy atom. The number of hydrogen-bond acceptors (Lipinski definition) is 17. The van der Waals surface area contributed by atoms with E-state index in [2.05, 4.69) is 34.1 Å². The molecule has 4 heterocycles. The van der Waals surface area contributed by atoms with Crippen molar-refractivity contribution in [3.63, 3.8) is 0 Å². The molecule has 1 saturated heterocycles. The summed E-state index contributed by atoms with van der Waals surface area (Å²) >= 11 is 0. The van der Waals surface area contributed by atoms with Crippen LogP contribution in [0.25, 0.3) is 44.3 Å². The number of anilines is 1. The van der Waals surface area contributed by atoms with Crippen LogP contribution in [-0.4, -0.2) is 145 Å². The smallest absolute Gasteiger partial charge is 0.478 e. The lowest BCUT2D eigenvalue weighted by molar-refractivity contribution is -0.134. The summed E-state index contributed by atoms with van der Waals surface area (Å²) in [5, 5.41) is 31.4. The van der Waals surface area contributed by atoms with Crippen LogP contribution in [0.15, 0.2) is 105 Å². The number of nitrogens with zero attached hydrogens (tertiary/aromatic N) is 5. The van der Waals surface area contributed by atoms with E-state index in [4.69, 9.17) is 18.9 Å². The number of carboxylic acid groups (broad SMARTS) is 1. The predicted molar refractivity (Wildman–Crippen MR) is 312 cm³/mol. The van der Waals surface area contributed by atoms with E-state index in [9.17, 15) is 67.3 Å². The number of ether oxygens (including phenoxy) is 1. The Kier molecular flexibility index (Phi) is 20.2. The van der Waals surface area contributed by atoms with E-state index in [1.165, 1.54) is 11.0 Å². The number of H-pyrrole nitrogens is 1. The first-order valence-electron chi connectivity index (χ1n) is 26.7. The molecule has 0 radical (unpaired) electrons. The van der Waals surface area contributed by atoms with Gasteiger partial charge in [-0.2, -0.15) is 8.62 Å². The maximum absolute atomic E-state index is 13.6. The molecule has 5 aromatic rings. The van der Waals surface area contributed by atoms with Gasteiger partial charge in [-0.3, -0.25) is 38.0 Å². The highest BCUT2D eigenvalue weighted by Crippen LogP contribution is 2.66. The van der Waals surface area contributed by atoms with E-state index in [1.54, 1.807) is 42.0 Å². The first-order valence-corrected chi connectivity index (χ1v) is 31.2. The minimum absolute atomic E-state index is 0.0104. The zero-order chi connectivity index (χ0) is 63.3. The number of aromatic nitrogens is 3. The fourth-order valence-corrected chi connectivity index (χ4v) is 12.7. The molecule has 0 spiro atoms. The summed E-state index contributed by atoms with van der Waals surface area (Å²) in [4.78, 5) is 134. The van der Waals surface area contributed by atoms with Crippen LogP contribution in [-0.2, 0) is 65.6 Å². The van der Waals surface area contributed by atoms with Crippen LogP contribution in [0.3, 0.4) is 0 Å². The van der Waals surface area contributed by atoms with Gasteiger partial charge in [0.05, 0.1) is 29.9 Å². The van der Waals surface area contributed by atoms with E-state index < -0.39 is 90.0 Å². The molecule has 87 heavy (non-hydrogen) atoms. The van der Waals surface area contributed by atoms with E-state index in [-0.39, 0.29) is 74.6 Å². The number of carbonyl (C=O) groups excluding carboxylic acids is 4. The molecule has 5 unspecified atom stereocenters. The Morgan fingerprint density at radius 2 is 1.54 bits per heavy atom. The molecule has 8 rings (SSSR count). The van der Waals surface area contributed by atoms with Crippen molar-refractivity contribution < 1.29 is 89.8 Å². The van der Waals surface area contributed by atoms with Crippen molar-refractivity contribution in [1.29, 1.82) is 0 Å². The number of carbonyl (C=O) groups is 5. The summed E-state index contributed by atoms with van der Waals surface area (Å²) in [5.41, 5.74) is 2.45. The van der Waals surface area contributed by atoms with Crippen LogP contribution in [0.5, 0.6) is 0 Å². The zero-order valence-corrected chi connectivity index (χ0v) is 50.0. The second-order valence-electron chi connectivity index (χ2n) is 20.4. The van der Waals surface area contributed by atoms with E-state index in [1.807, 2.05) is 86.2 Å². The molecule has 10 N–H and O–H groups in total. The molecular formula is C54H63N9O21P3+. The summed E-state index contributed by atoms with van der Waals surface area (Å²) in [6.45, 7) is 0.576. The van der Waals surface area contributed by atoms with Gasteiger partial charge in [-0.1, -0.05) is 24.3 Å². The van der Waals surface area contributed by atoms with Crippen LogP contribution in [0.1, 0.15) is 64.3 Å². The number of para-hydroxylation sites is 1. The van der Waals surface area contributed by atoms with Crippen molar-refractivity contribution in [1.82, 2.24) is 39.5 Å². The van der Waals surface area contributed by atoms with Crippen molar-refractivity contribution in [2.75, 3.05) is 59.3 Å². The molecular weight excluding hydrogens is 1200 g/mol. The van der Waals surface area contributed by atoms with Gasteiger partial charge in [-0.05, 0) is 54.4 Å². The van der Waals surface area contributed by atoms with Gasteiger partial charge >= 0.3 is 35.1 Å². The number of nitrogens with one attached hydrogen (secondary N) is 4. The van der Waals surface area contributed by atoms with Crippen LogP contribution in [0, 0.1) is 0 Å². The largest absolute Gasteiger partial charge is 0.490 e. The molecule has 0 saturated carbocycles. The lowest BCUT2D eigenvalue weighted by atomic mass is 9.89. The number of fused-ring (bicyclic) bond motifs is 3. The number of rotatable bonds is 25. The Morgan fingerprint density at radius 1 is 0.816 bits per heavy atom. The molecule has 464 valence electrons. The van der Waals surface area contributed by atoms with Crippen molar-refractivity contribution in [2.24, 2.45) is 0 Å². The van der Waals surface area contributed by atoms with Crippen molar-refractivity contribution in [3.05, 3.63) is 140 Å². The molecule has 0 bridgehead atoms. The molecule has 5 atom stereocenters. The van der Waals surface area contributed by atoms with E-state index >= 15 is 0 Å². The summed E-state index contributed by atoms with van der Waals surface area (Å²) in [6, 6.07) is 23.1. The van der Waals surface area contributed by atoms with Crippen LogP contribution < -0.4 is 42.0 Å². The van der Waals surface area contributed by atoms with Gasteiger partial charge in [0.1, 0.15) is 44.3 Å². The second kappa shape index (κ2) is 27.0. The molecule has 30 nitrogen and oxygen atoms in total. The third-order valence-corrected chi connectivity index (χ3v) is 17.7. The summed E-state index contributed by atoms with van der Waals surface area (Å²) in [7, 11) is -9.45. The maximum Gasteiger partial charge on any atom is 0.490 e. The fraction of sp³-hybridized carbons (Fsp3) is 0.333. The van der Waals surface area contributed by atoms with Crippen molar-refractivity contribution in [2.45, 2.75) is 64.3 Å². The van der Waals surface area contributed by atoms with Crippen LogP contribution in [0.4, 0.5) is 5.69 Å². The lowest BCUT2D eigenvalue weighted by Crippen LogP contribution is -2.36. The lowest BCUT2D eigenvalue weighted by Gasteiger charge is -2.20. The number of phosphoric ester groups is 1. The Labute approximate surface area is 494 Å². The molecule has 1 aliphatic carbocycles. The topological polar surface area (TPSA) is 413 Å². The second-order valence-corrected chi connectivity index (χ2v) is 24.8. The Bertz CT molecular complexity index is 4130. The first-order chi connectivity index (χ1) is 41.0. The first kappa shape index (κ1) is 65.0. The number of hydrogen-bond donors (Lipinski definition) is 10. The number of amides is 4. The van der Waals surface area contributed by atoms with Gasteiger partial charge in [-0.15, -0.1) is 0 Å². The zero-order valence-electron chi connectivity index (χ0n) is 47.3. The number of carboxylic acids is 1. The van der Waals surface area contributed by atoms with Crippen molar-refractivity contribution in [3.8, 4) is 22.5 Å². The minimum Gasteiger partial charge on any atom is -0.478 e. The number of aromatic amines is 1. The average Bonchev–Trinajstić information content (AvgIpc) is 2.34. The summed E-state index contributed by atoms with van der Waals surface area (Å²) in [6.07, 6.45) is -2.48. The van der Waals surface area contributed by atoms with Gasteiger partial charge in [0.25, 0.3) is 11.5 Å². The predicted octanol–water partition coefficient (Wildman–Crippen LogP) is 2.79. The van der Waals surface area contributed by atoms with Gasteiger partial charge < -0.3 is 69.3 Å². The molecule has 1 fully saturated rings. The van der Waals surface area contributed by atoms with Gasteiger partial charge in [0, 0.05) is 129 Å². The van der Waals surface area contributed by atoms with E-state index in [0.29, 0.717) is 44.5 Å². The molecule has 2 aromatic heterocycles. The average molecular weight is 1270 g/mol. The fourth-order valence-electron chi connectivity index (χ4n) is 9.68. The van der Waals surface area contributed by atoms with Crippen LogP contribution in [0.2, 0.25) is 0 Å². The Balaban J connectivity index is 0.830. The third-order valence-electron chi connectivity index (χ3n) is 13.9. The monoisotopic (exact) mass is 1270 g/mol. The number of benzene rings is 4. The highest BCUT2D eigenvalue weighted by atomic mass is 31.3. The molecule has 2 aliphatic heterocycles. The highest BCUT2D eigenvalue weighted by molar-refractivity contribution is 7.66. The van der Waals surface area contributed by atoms with E-state index in [0.717, 1.165) is 27.2 Å². The minimum atomic E-state index is -5.83. The normalized spacial score (nSPS) is 16.5. The quantitative estimate of drug-likeness (QED) is 0.0170. The summed E-state index contributed by atoms with van der Waals surface area (Å²) in [5.74, 6) is -2.67. The molecule has 4 amide bonds. The number of aromatic carboxylic acids is 1. The highest BCUT2D eigenvalue weighted by Gasteiger charge is 2.43. The number of aliphatic hydroxyl groups is 1. The molecule has 33 heteroatoms. The van der Waals surface area contributed by atoms with Gasteiger partial charge in [0.2, 0.25) is 23.1 Å². The van der Waals surface area contributed by atoms with Gasteiger partial charge in [0.15, 0.2) is 0 Å². The number of phosphoric acid groups is 3. The van der Waals surface area contributed by atoms with Gasteiger partial charge in [-0.25, -0.2) is 27.9 Å². The standard InChI is InChI=1S/C54H62N9O21P3/c1-6-61(48(67)18-17-46(65)57-25-32-28-63(54(72)58-52(32)69)49-24-42(64)45(82-49)30-80-86(76,77)84-87(78,79)83-85(73,74)75)26-33-27-62(41-10-8-7-9-36(33)41)29-47(66)55-19-20-56-51(68)31-11-14-37(40(21-31)53(70)71)50-38-15-12-34(59(2)3)22-43(38)81-44-23-35(60(4)5)13-16-39(44)50/h7-16,21-23,27-28,42,45,49,64H,6,17-20,24-26,29-30H2,1-5H3,(H8-,55,56,57,58,65,66,68,69,70,71,72,73,74,75,76,77,78,79)/p+1. The molecule has 3 aliphatic rings. The SMILES string of the molecule is CCN(Cc1cn(CC(=O)NCCNC(=O)c2ccc(-c3c4ccc(=[N+](C)C)cc-4oc4cc(N(C)C)ccc34)c(C(=O)O)c2)c2ccccc12)C(=O)CCC(=O)NCc1cn(C2CC(O)C(COP(=O)(O)OP(=O)(O)OP(=O)(O)O)O2)c(=O)[nH]c1=O. The number of aliphatic hydroxyl groups excluding tert-OH is 1. The maximum atomic E-state index is 13.6. The van der Waals surface area contributed by atoms with Crippen LogP contribution >= 0.6 is 23.5 Å². The summed E-state index contributed by atoms with van der Waals surface area (Å²) < 4.78 is 63.0. The molecule has 3 aromatic carbocycles.